The fraction of sp³-hybridized carbons (Fsp3) is 0.273. The highest BCUT2D eigenvalue weighted by molar-refractivity contribution is 6.29. The second kappa shape index (κ2) is 5.66. The molecule has 2 aromatic rings. The molecular weight excluding hydrogens is 270 g/mol. The maximum atomic E-state index is 10.8. The highest BCUT2D eigenvalue weighted by atomic mass is 35.5. The number of pyridine rings is 1. The van der Waals surface area contributed by atoms with E-state index in [1.807, 2.05) is 13.1 Å². The summed E-state index contributed by atoms with van der Waals surface area (Å²) in [5, 5.41) is 18.1. The van der Waals surface area contributed by atoms with Crippen LogP contribution in [0.15, 0.2) is 24.5 Å². The van der Waals surface area contributed by atoms with Crippen LogP contribution in [0.2, 0.25) is 5.15 Å². The lowest BCUT2D eigenvalue weighted by molar-refractivity contribution is -0.384. The van der Waals surface area contributed by atoms with E-state index in [0.29, 0.717) is 13.1 Å². The first-order chi connectivity index (χ1) is 9.06. The third-order valence-corrected chi connectivity index (χ3v) is 2.64. The Morgan fingerprint density at radius 3 is 2.95 bits per heavy atom. The fourth-order valence-electron chi connectivity index (χ4n) is 1.58. The summed E-state index contributed by atoms with van der Waals surface area (Å²) in [5.74, 6) is 0.168. The lowest BCUT2D eigenvalue weighted by atomic mass is 10.4. The van der Waals surface area contributed by atoms with Crippen molar-refractivity contribution in [1.29, 1.82) is 0 Å². The van der Waals surface area contributed by atoms with Crippen molar-refractivity contribution in [1.82, 2.24) is 14.8 Å². The van der Waals surface area contributed by atoms with Gasteiger partial charge in [-0.2, -0.15) is 5.10 Å². The highest BCUT2D eigenvalue weighted by Crippen LogP contribution is 2.23. The van der Waals surface area contributed by atoms with Crippen molar-refractivity contribution >= 4 is 23.1 Å². The third kappa shape index (κ3) is 3.41. The third-order valence-electron chi connectivity index (χ3n) is 2.43. The molecule has 1 N–H and O–H groups in total. The molecule has 0 fully saturated rings. The van der Waals surface area contributed by atoms with Crippen LogP contribution in [0.1, 0.15) is 5.56 Å². The number of aryl methyl sites for hydroxylation is 1. The molecule has 0 unspecified atom stereocenters. The van der Waals surface area contributed by atoms with Gasteiger partial charge < -0.3 is 5.32 Å². The van der Waals surface area contributed by atoms with Crippen LogP contribution in [0, 0.1) is 17.0 Å². The second-order valence-electron chi connectivity index (χ2n) is 3.97. The molecule has 0 aliphatic heterocycles. The summed E-state index contributed by atoms with van der Waals surface area (Å²) in [7, 11) is 0. The molecule has 0 saturated heterocycles. The van der Waals surface area contributed by atoms with Gasteiger partial charge in [0.1, 0.15) is 5.15 Å². The molecule has 0 bridgehead atoms. The van der Waals surface area contributed by atoms with E-state index < -0.39 is 4.92 Å². The van der Waals surface area contributed by atoms with Gasteiger partial charge in [0.25, 0.3) is 0 Å². The van der Waals surface area contributed by atoms with Gasteiger partial charge >= 0.3 is 5.69 Å². The van der Waals surface area contributed by atoms with Gasteiger partial charge in [-0.3, -0.25) is 14.8 Å². The molecule has 0 aliphatic rings. The van der Waals surface area contributed by atoms with Gasteiger partial charge in [0.2, 0.25) is 5.82 Å². The summed E-state index contributed by atoms with van der Waals surface area (Å²) < 4.78 is 1.75. The van der Waals surface area contributed by atoms with Crippen molar-refractivity contribution in [3.63, 3.8) is 0 Å². The van der Waals surface area contributed by atoms with Crippen molar-refractivity contribution in [3.8, 4) is 0 Å². The van der Waals surface area contributed by atoms with Crippen LogP contribution in [0.5, 0.6) is 0 Å². The van der Waals surface area contributed by atoms with Crippen LogP contribution in [0.4, 0.5) is 11.5 Å². The largest absolute Gasteiger partial charge is 0.362 e. The van der Waals surface area contributed by atoms with Crippen LogP contribution in [-0.4, -0.2) is 26.2 Å². The highest BCUT2D eigenvalue weighted by Gasteiger charge is 2.15. The van der Waals surface area contributed by atoms with Gasteiger partial charge in [-0.1, -0.05) is 11.6 Å². The normalized spacial score (nSPS) is 10.4. The average molecular weight is 282 g/mol. The van der Waals surface area contributed by atoms with Crippen molar-refractivity contribution in [3.05, 3.63) is 45.4 Å². The number of anilines is 1. The Kier molecular flexibility index (Phi) is 3.96. The topological polar surface area (TPSA) is 85.9 Å². The van der Waals surface area contributed by atoms with Crippen molar-refractivity contribution in [2.24, 2.45) is 0 Å². The monoisotopic (exact) mass is 281 g/mol. The lowest BCUT2D eigenvalue weighted by Gasteiger charge is -2.06. The van der Waals surface area contributed by atoms with E-state index >= 15 is 0 Å². The standard InChI is InChI=1S/C11H12ClN5O2/c1-8-6-14-16(7-8)5-4-13-11-9(17(18)19)2-3-10(12)15-11/h2-3,6-7H,4-5H2,1H3,(H,13,15). The maximum absolute atomic E-state index is 10.8. The van der Waals surface area contributed by atoms with Gasteiger partial charge in [-0.15, -0.1) is 0 Å². The number of rotatable bonds is 5. The van der Waals surface area contributed by atoms with Gasteiger partial charge in [-0.25, -0.2) is 4.98 Å². The minimum atomic E-state index is -0.496. The predicted molar refractivity (Wildman–Crippen MR) is 71.4 cm³/mol. The molecular formula is C11H12ClN5O2. The van der Waals surface area contributed by atoms with Crippen LogP contribution in [0.25, 0.3) is 0 Å². The van der Waals surface area contributed by atoms with Gasteiger partial charge in [0.05, 0.1) is 17.7 Å². The van der Waals surface area contributed by atoms with Gasteiger partial charge in [0, 0.05) is 18.8 Å². The van der Waals surface area contributed by atoms with Crippen LogP contribution in [0.3, 0.4) is 0 Å². The number of nitrogens with one attached hydrogen (secondary N) is 1. The zero-order chi connectivity index (χ0) is 13.8. The van der Waals surface area contributed by atoms with Crippen LogP contribution >= 0.6 is 11.6 Å². The first-order valence-electron chi connectivity index (χ1n) is 5.60. The molecule has 0 saturated carbocycles. The molecule has 8 heteroatoms. The predicted octanol–water partition coefficient (Wildman–Crippen LogP) is 2.26. The van der Waals surface area contributed by atoms with E-state index in [-0.39, 0.29) is 16.7 Å². The van der Waals surface area contributed by atoms with E-state index in [2.05, 4.69) is 15.4 Å². The molecule has 2 aromatic heterocycles. The van der Waals surface area contributed by atoms with Crippen molar-refractivity contribution in [2.75, 3.05) is 11.9 Å². The maximum Gasteiger partial charge on any atom is 0.311 e. The summed E-state index contributed by atoms with van der Waals surface area (Å²) in [4.78, 5) is 14.3. The van der Waals surface area contributed by atoms with E-state index in [0.717, 1.165) is 5.56 Å². The Morgan fingerprint density at radius 2 is 2.32 bits per heavy atom. The number of hydrogen-bond donors (Lipinski definition) is 1. The number of nitrogens with zero attached hydrogens (tertiary/aromatic N) is 4. The molecule has 0 radical (unpaired) electrons. The number of hydrogen-bond acceptors (Lipinski definition) is 5. The summed E-state index contributed by atoms with van der Waals surface area (Å²) in [6, 6.07) is 2.72. The molecule has 0 aromatic carbocycles. The smallest absolute Gasteiger partial charge is 0.311 e. The van der Waals surface area contributed by atoms with E-state index in [4.69, 9.17) is 11.6 Å². The Morgan fingerprint density at radius 1 is 1.53 bits per heavy atom. The fourth-order valence-corrected chi connectivity index (χ4v) is 1.73. The SMILES string of the molecule is Cc1cnn(CCNc2nc(Cl)ccc2[N+](=O)[O-])c1. The molecule has 7 nitrogen and oxygen atoms in total. The minimum Gasteiger partial charge on any atom is -0.362 e. The van der Waals surface area contributed by atoms with Crippen molar-refractivity contribution < 1.29 is 4.92 Å². The van der Waals surface area contributed by atoms with Gasteiger partial charge in [0.15, 0.2) is 0 Å². The van der Waals surface area contributed by atoms with Crippen LogP contribution in [-0.2, 0) is 6.54 Å². The van der Waals surface area contributed by atoms with E-state index in [1.165, 1.54) is 12.1 Å². The number of halogens is 1. The summed E-state index contributed by atoms with van der Waals surface area (Å²) in [5.41, 5.74) is 0.966. The second-order valence-corrected chi connectivity index (χ2v) is 4.35. The number of nitro groups is 1. The molecule has 100 valence electrons. The van der Waals surface area contributed by atoms with Crippen LogP contribution < -0.4 is 5.32 Å². The summed E-state index contributed by atoms with van der Waals surface area (Å²) in [6.07, 6.45) is 3.64. The Hall–Kier alpha value is -2.15. The summed E-state index contributed by atoms with van der Waals surface area (Å²) >= 11 is 5.73. The van der Waals surface area contributed by atoms with E-state index in [9.17, 15) is 10.1 Å². The lowest BCUT2D eigenvalue weighted by Crippen LogP contribution is -2.12. The molecule has 0 amide bonds. The molecule has 2 rings (SSSR count). The quantitative estimate of drug-likeness (QED) is 0.516. The summed E-state index contributed by atoms with van der Waals surface area (Å²) in [6.45, 7) is 2.99. The zero-order valence-corrected chi connectivity index (χ0v) is 11.0. The molecule has 0 atom stereocenters. The first kappa shape index (κ1) is 13.3. The molecule has 0 aliphatic carbocycles. The first-order valence-corrected chi connectivity index (χ1v) is 5.98. The Labute approximate surface area is 114 Å². The molecule has 0 spiro atoms. The molecule has 2 heterocycles. The average Bonchev–Trinajstić information content (AvgIpc) is 2.75. The van der Waals surface area contributed by atoms with Crippen molar-refractivity contribution in [2.45, 2.75) is 13.5 Å². The van der Waals surface area contributed by atoms with E-state index in [1.54, 1.807) is 10.9 Å². The zero-order valence-electron chi connectivity index (χ0n) is 10.2. The van der Waals surface area contributed by atoms with Gasteiger partial charge in [-0.05, 0) is 18.6 Å². The Bertz CT molecular complexity index is 599. The minimum absolute atomic E-state index is 0.0963. The number of aromatic nitrogens is 3. The Balaban J connectivity index is 2.02. The molecule has 19 heavy (non-hydrogen) atoms.